The molecule has 0 aliphatic rings. The minimum Gasteiger partial charge on any atom is -0.461 e. The number of rotatable bonds is 10. The van der Waals surface area contributed by atoms with Gasteiger partial charge in [-0.15, -0.1) is 0 Å². The van der Waals surface area contributed by atoms with Crippen molar-refractivity contribution in [3.63, 3.8) is 0 Å². The van der Waals surface area contributed by atoms with E-state index in [-0.39, 0.29) is 18.6 Å². The Bertz CT molecular complexity index is 735. The summed E-state index contributed by atoms with van der Waals surface area (Å²) in [4.78, 5) is 25.0. The van der Waals surface area contributed by atoms with Gasteiger partial charge >= 0.3 is 5.97 Å². The Morgan fingerprint density at radius 1 is 0.857 bits per heavy atom. The maximum Gasteiger partial charge on any atom is 0.339 e. The van der Waals surface area contributed by atoms with Crippen molar-refractivity contribution in [2.75, 3.05) is 20.8 Å². The molecular weight excluding hydrogens is 358 g/mol. The highest BCUT2D eigenvalue weighted by atomic mass is 16.6. The van der Waals surface area contributed by atoms with E-state index in [0.717, 1.165) is 11.1 Å². The Labute approximate surface area is 165 Å². The summed E-state index contributed by atoms with van der Waals surface area (Å²) in [7, 11) is 2.95. The van der Waals surface area contributed by atoms with Gasteiger partial charge in [0, 0.05) is 14.2 Å². The van der Waals surface area contributed by atoms with Crippen LogP contribution in [-0.4, -0.2) is 38.7 Å². The van der Waals surface area contributed by atoms with E-state index >= 15 is 0 Å². The van der Waals surface area contributed by atoms with Gasteiger partial charge in [-0.2, -0.15) is 0 Å². The minimum absolute atomic E-state index is 0.0546. The first-order chi connectivity index (χ1) is 13.6. The molecule has 0 aliphatic heterocycles. The highest BCUT2D eigenvalue weighted by Crippen LogP contribution is 2.19. The van der Waals surface area contributed by atoms with Gasteiger partial charge in [-0.3, -0.25) is 4.79 Å². The number of benzene rings is 2. The monoisotopic (exact) mass is 385 g/mol. The first kappa shape index (κ1) is 21.6. The number of ether oxygens (including phenoxy) is 3. The molecule has 150 valence electrons. The van der Waals surface area contributed by atoms with Crippen LogP contribution in [0.15, 0.2) is 60.7 Å². The van der Waals surface area contributed by atoms with Crippen LogP contribution >= 0.6 is 0 Å². The van der Waals surface area contributed by atoms with Gasteiger partial charge in [0.1, 0.15) is 6.61 Å². The Morgan fingerprint density at radius 2 is 1.36 bits per heavy atom. The molecule has 0 aromatic heterocycles. The van der Waals surface area contributed by atoms with Crippen molar-refractivity contribution in [2.24, 2.45) is 0 Å². The number of carbonyl (C=O) groups excluding carboxylic acids is 2. The number of methoxy groups -OCH3 is 2. The highest BCUT2D eigenvalue weighted by Gasteiger charge is 2.25. The quantitative estimate of drug-likeness (QED) is 0.636. The summed E-state index contributed by atoms with van der Waals surface area (Å²) in [5, 5.41) is 2.89. The summed E-state index contributed by atoms with van der Waals surface area (Å²) in [6, 6.07) is 18.0. The van der Waals surface area contributed by atoms with Crippen molar-refractivity contribution in [1.82, 2.24) is 5.32 Å². The number of esters is 1. The lowest BCUT2D eigenvalue weighted by Gasteiger charge is -2.22. The van der Waals surface area contributed by atoms with Crippen LogP contribution in [0, 0.1) is 0 Å². The fraction of sp³-hybridized carbons (Fsp3) is 0.364. The van der Waals surface area contributed by atoms with E-state index in [1.165, 1.54) is 14.2 Å². The fourth-order valence-electron chi connectivity index (χ4n) is 2.82. The summed E-state index contributed by atoms with van der Waals surface area (Å²) in [6.45, 7) is 1.97. The average molecular weight is 385 g/mol. The van der Waals surface area contributed by atoms with E-state index in [1.54, 1.807) is 12.1 Å². The molecule has 2 rings (SSSR count). The predicted molar refractivity (Wildman–Crippen MR) is 106 cm³/mol. The molecule has 0 unspecified atom stereocenters. The van der Waals surface area contributed by atoms with Gasteiger partial charge in [-0.05, 0) is 17.5 Å². The molecule has 0 radical (unpaired) electrons. The molecule has 6 nitrogen and oxygen atoms in total. The van der Waals surface area contributed by atoms with Gasteiger partial charge in [-0.25, -0.2) is 4.79 Å². The molecule has 0 saturated heterocycles. The molecule has 0 heterocycles. The smallest absolute Gasteiger partial charge is 0.339 e. The van der Waals surface area contributed by atoms with Crippen LogP contribution in [-0.2, 0) is 23.8 Å². The van der Waals surface area contributed by atoms with Crippen LogP contribution in [0.5, 0.6) is 0 Å². The second-order valence-corrected chi connectivity index (χ2v) is 6.30. The van der Waals surface area contributed by atoms with Crippen molar-refractivity contribution in [2.45, 2.75) is 31.6 Å². The summed E-state index contributed by atoms with van der Waals surface area (Å²) in [5.41, 5.74) is 1.48. The predicted octanol–water partition coefficient (Wildman–Crippen LogP) is 3.20. The molecule has 2 aromatic carbocycles. The van der Waals surface area contributed by atoms with Gasteiger partial charge in [0.05, 0.1) is 6.04 Å². The Kier molecular flexibility index (Phi) is 8.65. The third-order valence-electron chi connectivity index (χ3n) is 4.39. The third kappa shape index (κ3) is 5.90. The number of nitrogens with one attached hydrogen (secondary N) is 1. The van der Waals surface area contributed by atoms with Gasteiger partial charge in [0.15, 0.2) is 12.2 Å². The zero-order valence-electron chi connectivity index (χ0n) is 16.5. The van der Waals surface area contributed by atoms with Crippen molar-refractivity contribution in [3.8, 4) is 0 Å². The van der Waals surface area contributed by atoms with Gasteiger partial charge in [0.2, 0.25) is 0 Å². The molecule has 3 atom stereocenters. The van der Waals surface area contributed by atoms with Crippen molar-refractivity contribution >= 4 is 11.9 Å². The molecule has 0 saturated carbocycles. The van der Waals surface area contributed by atoms with Crippen LogP contribution in [0.25, 0.3) is 0 Å². The highest BCUT2D eigenvalue weighted by molar-refractivity contribution is 5.82. The van der Waals surface area contributed by atoms with Gasteiger partial charge in [0.25, 0.3) is 5.91 Å². The topological polar surface area (TPSA) is 73.9 Å². The van der Waals surface area contributed by atoms with Crippen molar-refractivity contribution in [3.05, 3.63) is 71.8 Å². The summed E-state index contributed by atoms with van der Waals surface area (Å²) < 4.78 is 16.0. The number of carbonyl (C=O) groups is 2. The zero-order chi connectivity index (χ0) is 20.4. The zero-order valence-corrected chi connectivity index (χ0v) is 16.5. The normalized spacial score (nSPS) is 14.0. The number of hydrogen-bond donors (Lipinski definition) is 1. The van der Waals surface area contributed by atoms with E-state index in [0.29, 0.717) is 6.42 Å². The Hall–Kier alpha value is -2.70. The molecule has 0 aliphatic carbocycles. The molecule has 0 spiro atoms. The largest absolute Gasteiger partial charge is 0.461 e. The van der Waals surface area contributed by atoms with E-state index in [1.807, 2.05) is 55.5 Å². The van der Waals surface area contributed by atoms with Gasteiger partial charge in [-0.1, -0.05) is 67.6 Å². The van der Waals surface area contributed by atoms with Gasteiger partial charge < -0.3 is 19.5 Å². The lowest BCUT2D eigenvalue weighted by molar-refractivity contribution is -0.157. The summed E-state index contributed by atoms with van der Waals surface area (Å²) in [5.74, 6) is -0.768. The van der Waals surface area contributed by atoms with E-state index in [2.05, 4.69) is 5.32 Å². The molecule has 1 N–H and O–H groups in total. The number of amides is 1. The maximum absolute atomic E-state index is 12.6. The maximum atomic E-state index is 12.6. The van der Waals surface area contributed by atoms with E-state index in [9.17, 15) is 9.59 Å². The lowest BCUT2D eigenvalue weighted by Crippen LogP contribution is -2.41. The van der Waals surface area contributed by atoms with Crippen LogP contribution in [0.4, 0.5) is 0 Å². The Balaban J connectivity index is 1.94. The molecule has 0 bridgehead atoms. The third-order valence-corrected chi connectivity index (χ3v) is 4.39. The Morgan fingerprint density at radius 3 is 1.82 bits per heavy atom. The molecule has 0 fully saturated rings. The molecule has 2 aromatic rings. The van der Waals surface area contributed by atoms with Crippen LogP contribution in [0.3, 0.4) is 0 Å². The summed E-state index contributed by atoms with van der Waals surface area (Å²) in [6.07, 6.45) is -0.916. The van der Waals surface area contributed by atoms with Crippen LogP contribution in [0.2, 0.25) is 0 Å². The average Bonchev–Trinajstić information content (AvgIpc) is 2.73. The minimum atomic E-state index is -0.801. The van der Waals surface area contributed by atoms with E-state index in [4.69, 9.17) is 14.2 Å². The lowest BCUT2D eigenvalue weighted by atomic mass is 10.1. The van der Waals surface area contributed by atoms with Crippen molar-refractivity contribution in [1.29, 1.82) is 0 Å². The SMILES string of the molecule is CC[C@@H](COC(=O)[C@H](OC)c1ccccc1)NC(=O)[C@H](OC)c1ccccc1. The molecule has 1 amide bonds. The first-order valence-corrected chi connectivity index (χ1v) is 9.23. The van der Waals surface area contributed by atoms with Crippen molar-refractivity contribution < 1.29 is 23.8 Å². The van der Waals surface area contributed by atoms with Crippen LogP contribution < -0.4 is 5.32 Å². The molecular formula is C22H27NO5. The first-order valence-electron chi connectivity index (χ1n) is 9.23. The molecule has 28 heavy (non-hydrogen) atoms. The standard InChI is InChI=1S/C22H27NO5/c1-4-18(23-21(24)19(26-2)16-11-7-5-8-12-16)15-28-22(25)20(27-3)17-13-9-6-10-14-17/h5-14,18-20H,4,15H2,1-3H3,(H,23,24)/t18-,19+,20+/m0/s1. The second kappa shape index (κ2) is 11.2. The summed E-state index contributed by atoms with van der Waals surface area (Å²) >= 11 is 0. The fourth-order valence-corrected chi connectivity index (χ4v) is 2.82. The van der Waals surface area contributed by atoms with E-state index < -0.39 is 18.2 Å². The number of hydrogen-bond acceptors (Lipinski definition) is 5. The molecule has 6 heteroatoms. The van der Waals surface area contributed by atoms with Crippen LogP contribution in [0.1, 0.15) is 36.7 Å². The second-order valence-electron chi connectivity index (χ2n) is 6.30.